The van der Waals surface area contributed by atoms with Crippen molar-refractivity contribution in [3.8, 4) is 5.69 Å². The van der Waals surface area contributed by atoms with Gasteiger partial charge in [0.15, 0.2) is 0 Å². The maximum absolute atomic E-state index is 13.5. The summed E-state index contributed by atoms with van der Waals surface area (Å²) in [5.74, 6) is 0.461. The Labute approximate surface area is 176 Å². The van der Waals surface area contributed by atoms with E-state index in [0.717, 1.165) is 0 Å². The second kappa shape index (κ2) is 5.03. The second-order valence-electron chi connectivity index (χ2n) is 9.67. The monoisotopic (exact) mass is 423 g/mol. The third-order valence-electron chi connectivity index (χ3n) is 8.83. The molecule has 6 aliphatic rings. The average Bonchev–Trinajstić information content (AvgIpc) is 3.49. The van der Waals surface area contributed by atoms with Gasteiger partial charge in [0.1, 0.15) is 13.2 Å². The van der Waals surface area contributed by atoms with E-state index in [1.165, 1.54) is 18.4 Å². The highest BCUT2D eigenvalue weighted by Crippen LogP contribution is 3.02. The Balaban J connectivity index is 1.44. The van der Waals surface area contributed by atoms with Crippen molar-refractivity contribution in [2.75, 3.05) is 13.2 Å². The van der Waals surface area contributed by atoms with Crippen LogP contribution in [0.5, 0.6) is 0 Å². The van der Waals surface area contributed by atoms with Crippen LogP contribution in [0.1, 0.15) is 25.9 Å². The molecular weight excluding hydrogens is 402 g/mol. The summed E-state index contributed by atoms with van der Waals surface area (Å²) in [6.07, 6.45) is 0. The molecule has 3 heterocycles. The van der Waals surface area contributed by atoms with Crippen LogP contribution in [0.3, 0.4) is 0 Å². The third-order valence-corrected chi connectivity index (χ3v) is 8.83. The van der Waals surface area contributed by atoms with Gasteiger partial charge in [0.25, 0.3) is 0 Å². The Morgan fingerprint density at radius 2 is 1.32 bits per heavy atom. The zero-order valence-electron chi connectivity index (χ0n) is 17.1. The molecule has 4 saturated carbocycles. The summed E-state index contributed by atoms with van der Waals surface area (Å²) in [5.41, 5.74) is -1.09. The van der Waals surface area contributed by atoms with Crippen LogP contribution < -0.4 is 11.4 Å². The zero-order valence-corrected chi connectivity index (χ0v) is 17.1. The summed E-state index contributed by atoms with van der Waals surface area (Å²) in [7, 11) is 0. The third kappa shape index (κ3) is 1.61. The van der Waals surface area contributed by atoms with E-state index in [0.29, 0.717) is 23.4 Å². The fraction of sp³-hybridized carbons (Fsp3) is 0.545. The zero-order chi connectivity index (χ0) is 21.4. The molecule has 2 aliphatic heterocycles. The van der Waals surface area contributed by atoms with E-state index in [1.54, 1.807) is 33.6 Å². The van der Waals surface area contributed by atoms with Gasteiger partial charge in [0.05, 0.1) is 17.8 Å². The van der Waals surface area contributed by atoms with E-state index in [9.17, 15) is 19.2 Å². The number of hydrogen-bond donors (Lipinski definition) is 0. The molecule has 4 fully saturated rings. The molecule has 0 saturated heterocycles. The molecule has 0 N–H and O–H groups in total. The molecule has 0 amide bonds. The number of esters is 2. The number of carbonyl (C=O) groups excluding carboxylic acids is 2. The highest BCUT2D eigenvalue weighted by atomic mass is 16.5. The fourth-order valence-corrected chi connectivity index (χ4v) is 8.25. The van der Waals surface area contributed by atoms with Gasteiger partial charge in [-0.1, -0.05) is 18.2 Å². The second-order valence-corrected chi connectivity index (χ2v) is 9.67. The van der Waals surface area contributed by atoms with Crippen LogP contribution in [-0.2, 0) is 19.1 Å². The lowest BCUT2D eigenvalue weighted by molar-refractivity contribution is -0.153. The van der Waals surface area contributed by atoms with Crippen molar-refractivity contribution in [3.05, 3.63) is 51.3 Å². The Morgan fingerprint density at radius 1 is 0.839 bits per heavy atom. The van der Waals surface area contributed by atoms with Crippen LogP contribution in [0.15, 0.2) is 39.9 Å². The number of benzene rings is 1. The molecule has 31 heavy (non-hydrogen) atoms. The number of rotatable bonds is 5. The fourth-order valence-electron chi connectivity index (χ4n) is 8.25. The Bertz CT molecular complexity index is 1230. The van der Waals surface area contributed by atoms with Crippen LogP contribution in [0, 0.1) is 34.5 Å². The predicted octanol–water partition coefficient (Wildman–Crippen LogP) is 0.515. The summed E-state index contributed by atoms with van der Waals surface area (Å²) in [6.45, 7) is 3.12. The van der Waals surface area contributed by atoms with Gasteiger partial charge in [-0.15, -0.1) is 0 Å². The van der Waals surface area contributed by atoms with Crippen LogP contribution in [0.25, 0.3) is 5.69 Å². The minimum Gasteiger partial charge on any atom is -0.465 e. The SMILES string of the molecule is CC(=O)OCC12C3C4C5C4C1C2(COC(C)=O)C5n1c(=O)n(-c2ccccc2)c(=O)n13. The highest BCUT2D eigenvalue weighted by Gasteiger charge is 3.04. The molecule has 0 radical (unpaired) electrons. The molecular formula is C22H21N3O6. The number of hydrogen-bond acceptors (Lipinski definition) is 6. The van der Waals surface area contributed by atoms with Crippen molar-refractivity contribution in [3.63, 3.8) is 0 Å². The minimum atomic E-state index is -0.456. The minimum absolute atomic E-state index is 0.187. The van der Waals surface area contributed by atoms with Gasteiger partial charge in [0, 0.05) is 24.7 Å². The first-order valence-electron chi connectivity index (χ1n) is 10.7. The van der Waals surface area contributed by atoms with Crippen molar-refractivity contribution >= 4 is 11.9 Å². The molecule has 1 aromatic heterocycles. The predicted molar refractivity (Wildman–Crippen MR) is 104 cm³/mol. The molecule has 4 aliphatic carbocycles. The van der Waals surface area contributed by atoms with Crippen molar-refractivity contribution in [1.29, 1.82) is 0 Å². The molecule has 9 nitrogen and oxygen atoms in total. The number of ether oxygens (including phenoxy) is 2. The first kappa shape index (κ1) is 17.6. The number of nitrogens with zero attached hydrogens (tertiary/aromatic N) is 3. The van der Waals surface area contributed by atoms with Gasteiger partial charge in [0.2, 0.25) is 0 Å². The molecule has 2 bridgehead atoms. The summed E-state index contributed by atoms with van der Waals surface area (Å²) in [6, 6.07) is 8.46. The molecule has 9 heteroatoms. The normalized spacial score (nSPS) is 41.0. The van der Waals surface area contributed by atoms with Crippen LogP contribution in [-0.4, -0.2) is 39.1 Å². The maximum atomic E-state index is 13.5. The standard InChI is InChI=1S/C22H21N3O6/c1-10(26)30-8-21-16-13-14-15(13)18(22(16,21)9-31-11(2)27)25-20(29)23(12-6-4-3-5-7-12)19(28)24(25)17(14)21/h3-7,13-18H,8-9H2,1-2H3. The lowest BCUT2D eigenvalue weighted by Gasteiger charge is -2.47. The summed E-state index contributed by atoms with van der Waals surface area (Å²) in [4.78, 5) is 50.4. The molecule has 6 unspecified atom stereocenters. The lowest BCUT2D eigenvalue weighted by atomic mass is 9.72. The van der Waals surface area contributed by atoms with Crippen molar-refractivity contribution in [2.24, 2.45) is 34.5 Å². The highest BCUT2D eigenvalue weighted by molar-refractivity contribution is 5.67. The lowest BCUT2D eigenvalue weighted by Crippen LogP contribution is -2.55. The van der Waals surface area contributed by atoms with E-state index >= 15 is 0 Å². The molecule has 2 aromatic rings. The molecule has 8 rings (SSSR count). The first-order valence-corrected chi connectivity index (χ1v) is 10.7. The van der Waals surface area contributed by atoms with Gasteiger partial charge < -0.3 is 9.47 Å². The topological polar surface area (TPSA) is 102 Å². The van der Waals surface area contributed by atoms with E-state index in [2.05, 4.69) is 0 Å². The molecule has 6 atom stereocenters. The quantitative estimate of drug-likeness (QED) is 0.650. The number of aromatic nitrogens is 3. The summed E-state index contributed by atoms with van der Waals surface area (Å²) < 4.78 is 15.5. The molecule has 0 spiro atoms. The Morgan fingerprint density at radius 3 is 1.77 bits per heavy atom. The van der Waals surface area contributed by atoms with E-state index < -0.39 is 10.8 Å². The summed E-state index contributed by atoms with van der Waals surface area (Å²) in [5, 5.41) is 0. The van der Waals surface area contributed by atoms with Gasteiger partial charge in [-0.25, -0.2) is 23.5 Å². The Kier molecular flexibility index (Phi) is 2.85. The van der Waals surface area contributed by atoms with Crippen molar-refractivity contribution < 1.29 is 19.1 Å². The van der Waals surface area contributed by atoms with E-state index in [-0.39, 0.29) is 54.5 Å². The number of carbonyl (C=O) groups is 2. The van der Waals surface area contributed by atoms with Crippen molar-refractivity contribution in [2.45, 2.75) is 25.9 Å². The van der Waals surface area contributed by atoms with E-state index in [4.69, 9.17) is 9.47 Å². The maximum Gasteiger partial charge on any atom is 0.352 e. The van der Waals surface area contributed by atoms with Crippen LogP contribution in [0.2, 0.25) is 0 Å². The molecule has 1 aromatic carbocycles. The smallest absolute Gasteiger partial charge is 0.352 e. The first-order chi connectivity index (χ1) is 14.9. The van der Waals surface area contributed by atoms with Gasteiger partial charge >= 0.3 is 23.3 Å². The molecule has 160 valence electrons. The van der Waals surface area contributed by atoms with Gasteiger partial charge in [-0.05, 0) is 35.8 Å². The van der Waals surface area contributed by atoms with Gasteiger partial charge in [-0.2, -0.15) is 0 Å². The van der Waals surface area contributed by atoms with E-state index in [1.807, 2.05) is 6.07 Å². The van der Waals surface area contributed by atoms with Crippen LogP contribution in [0.4, 0.5) is 0 Å². The van der Waals surface area contributed by atoms with Gasteiger partial charge in [-0.3, -0.25) is 9.59 Å². The number of para-hydroxylation sites is 1. The largest absolute Gasteiger partial charge is 0.465 e. The van der Waals surface area contributed by atoms with Crippen LogP contribution >= 0.6 is 0 Å². The van der Waals surface area contributed by atoms with Crippen molar-refractivity contribution in [1.82, 2.24) is 13.9 Å². The summed E-state index contributed by atoms with van der Waals surface area (Å²) >= 11 is 0. The Hall–Kier alpha value is -3.10. The average molecular weight is 423 g/mol.